The fourth-order valence-corrected chi connectivity index (χ4v) is 2.82. The molecule has 3 aromatic rings. The largest absolute Gasteiger partial charge is 0.355 e. The predicted octanol–water partition coefficient (Wildman–Crippen LogP) is 4.91. The molecule has 0 fully saturated rings. The van der Waals surface area contributed by atoms with Crippen LogP contribution in [0, 0.1) is 0 Å². The van der Waals surface area contributed by atoms with E-state index in [4.69, 9.17) is 11.6 Å². The summed E-state index contributed by atoms with van der Waals surface area (Å²) in [6.07, 6.45) is 1.05. The maximum absolute atomic E-state index is 6.04. The maximum atomic E-state index is 6.04. The maximum Gasteiger partial charge on any atom is 0.0467 e. The summed E-state index contributed by atoms with van der Waals surface area (Å²) in [7, 11) is 0. The fourth-order valence-electron chi connectivity index (χ4n) is 2.19. The van der Waals surface area contributed by atoms with Crippen molar-refractivity contribution in [3.8, 4) is 0 Å². The van der Waals surface area contributed by atoms with Crippen LogP contribution in [0.2, 0.25) is 5.02 Å². The summed E-state index contributed by atoms with van der Waals surface area (Å²) in [5.74, 6) is 0. The van der Waals surface area contributed by atoms with E-state index in [1.807, 2.05) is 18.2 Å². The standard InChI is InChI=1S/C14H11BrClN/c15-6-5-9-1-3-11-12-8-10(16)2-4-13(12)17-14(11)7-9/h1-4,7-8,17H,5-6H2. The van der Waals surface area contributed by atoms with E-state index in [2.05, 4.69) is 39.1 Å². The number of nitrogens with one attached hydrogen (secondary N) is 1. The minimum atomic E-state index is 0.780. The van der Waals surface area contributed by atoms with Gasteiger partial charge in [0.05, 0.1) is 0 Å². The Balaban J connectivity index is 2.28. The summed E-state index contributed by atoms with van der Waals surface area (Å²) in [6.45, 7) is 0. The first-order valence-corrected chi connectivity index (χ1v) is 7.04. The highest BCUT2D eigenvalue weighted by Gasteiger charge is 2.05. The molecule has 2 aromatic carbocycles. The molecular formula is C14H11BrClN. The molecule has 0 saturated carbocycles. The molecule has 0 bridgehead atoms. The molecule has 0 unspecified atom stereocenters. The zero-order valence-electron chi connectivity index (χ0n) is 9.13. The Morgan fingerprint density at radius 1 is 1.00 bits per heavy atom. The number of H-pyrrole nitrogens is 1. The lowest BCUT2D eigenvalue weighted by molar-refractivity contribution is 1.17. The summed E-state index contributed by atoms with van der Waals surface area (Å²) in [4.78, 5) is 3.43. The third kappa shape index (κ3) is 1.96. The molecule has 1 aromatic heterocycles. The normalized spacial score (nSPS) is 11.4. The Bertz CT molecular complexity index is 687. The van der Waals surface area contributed by atoms with Crippen molar-refractivity contribution in [2.75, 3.05) is 5.33 Å². The molecule has 0 saturated heterocycles. The molecule has 1 nitrogen and oxygen atoms in total. The lowest BCUT2D eigenvalue weighted by Gasteiger charge is -1.97. The number of aromatic amines is 1. The highest BCUT2D eigenvalue weighted by molar-refractivity contribution is 9.09. The van der Waals surface area contributed by atoms with Gasteiger partial charge in [-0.15, -0.1) is 0 Å². The molecule has 0 aliphatic carbocycles. The summed E-state index contributed by atoms with van der Waals surface area (Å²) in [5, 5.41) is 4.20. The minimum absolute atomic E-state index is 0.780. The molecule has 0 aliphatic rings. The van der Waals surface area contributed by atoms with Gasteiger partial charge in [-0.05, 0) is 36.2 Å². The minimum Gasteiger partial charge on any atom is -0.355 e. The Morgan fingerprint density at radius 2 is 1.88 bits per heavy atom. The van der Waals surface area contributed by atoms with Gasteiger partial charge in [-0.2, -0.15) is 0 Å². The van der Waals surface area contributed by atoms with Crippen molar-refractivity contribution in [1.82, 2.24) is 4.98 Å². The average molecular weight is 309 g/mol. The summed E-state index contributed by atoms with van der Waals surface area (Å²) in [6, 6.07) is 12.5. The summed E-state index contributed by atoms with van der Waals surface area (Å²) in [5.41, 5.74) is 3.66. The smallest absolute Gasteiger partial charge is 0.0467 e. The van der Waals surface area contributed by atoms with E-state index >= 15 is 0 Å². The quantitative estimate of drug-likeness (QED) is 0.647. The Kier molecular flexibility index (Phi) is 2.85. The zero-order valence-corrected chi connectivity index (χ0v) is 11.5. The number of aryl methyl sites for hydroxylation is 1. The number of benzene rings is 2. The molecule has 0 spiro atoms. The predicted molar refractivity (Wildman–Crippen MR) is 78.3 cm³/mol. The van der Waals surface area contributed by atoms with Gasteiger partial charge < -0.3 is 4.98 Å². The van der Waals surface area contributed by atoms with Gasteiger partial charge in [-0.3, -0.25) is 0 Å². The van der Waals surface area contributed by atoms with Gasteiger partial charge in [0.1, 0.15) is 0 Å². The molecule has 1 heterocycles. The number of hydrogen-bond donors (Lipinski definition) is 1. The number of rotatable bonds is 2. The molecule has 0 radical (unpaired) electrons. The molecular weight excluding hydrogens is 298 g/mol. The monoisotopic (exact) mass is 307 g/mol. The van der Waals surface area contributed by atoms with E-state index in [9.17, 15) is 0 Å². The van der Waals surface area contributed by atoms with Crippen LogP contribution in [-0.4, -0.2) is 10.3 Å². The molecule has 0 aliphatic heterocycles. The van der Waals surface area contributed by atoms with Crippen molar-refractivity contribution in [2.24, 2.45) is 0 Å². The van der Waals surface area contributed by atoms with Gasteiger partial charge in [0.2, 0.25) is 0 Å². The van der Waals surface area contributed by atoms with Crippen molar-refractivity contribution in [3.05, 3.63) is 47.0 Å². The SMILES string of the molecule is Clc1ccc2[nH]c3cc(CCBr)ccc3c2c1. The average Bonchev–Trinajstić information content (AvgIpc) is 2.66. The van der Waals surface area contributed by atoms with Gasteiger partial charge in [0.15, 0.2) is 0 Å². The third-order valence-electron chi connectivity index (χ3n) is 3.01. The van der Waals surface area contributed by atoms with Gasteiger partial charge >= 0.3 is 0 Å². The molecule has 3 rings (SSSR count). The number of halogens is 2. The second-order valence-electron chi connectivity index (χ2n) is 4.13. The highest BCUT2D eigenvalue weighted by atomic mass is 79.9. The van der Waals surface area contributed by atoms with Crippen LogP contribution in [0.5, 0.6) is 0 Å². The first-order chi connectivity index (χ1) is 8.28. The first kappa shape index (κ1) is 11.1. The van der Waals surface area contributed by atoms with Crippen molar-refractivity contribution in [1.29, 1.82) is 0 Å². The zero-order chi connectivity index (χ0) is 11.8. The van der Waals surface area contributed by atoms with Crippen LogP contribution < -0.4 is 0 Å². The van der Waals surface area contributed by atoms with Crippen molar-refractivity contribution in [3.63, 3.8) is 0 Å². The van der Waals surface area contributed by atoms with Crippen LogP contribution in [0.25, 0.3) is 21.8 Å². The van der Waals surface area contributed by atoms with Crippen LogP contribution in [0.15, 0.2) is 36.4 Å². The van der Waals surface area contributed by atoms with Crippen molar-refractivity contribution in [2.45, 2.75) is 6.42 Å². The van der Waals surface area contributed by atoms with Gasteiger partial charge in [-0.1, -0.05) is 39.7 Å². The van der Waals surface area contributed by atoms with Crippen LogP contribution in [0.1, 0.15) is 5.56 Å². The Morgan fingerprint density at radius 3 is 2.71 bits per heavy atom. The molecule has 1 N–H and O–H groups in total. The lowest BCUT2D eigenvalue weighted by Crippen LogP contribution is -1.84. The molecule has 0 atom stereocenters. The topological polar surface area (TPSA) is 15.8 Å². The van der Waals surface area contributed by atoms with E-state index in [-0.39, 0.29) is 0 Å². The summed E-state index contributed by atoms with van der Waals surface area (Å²) >= 11 is 9.50. The fraction of sp³-hybridized carbons (Fsp3) is 0.143. The van der Waals surface area contributed by atoms with E-state index in [0.29, 0.717) is 0 Å². The second-order valence-corrected chi connectivity index (χ2v) is 5.36. The molecule has 17 heavy (non-hydrogen) atoms. The van der Waals surface area contributed by atoms with Crippen molar-refractivity contribution >= 4 is 49.3 Å². The number of hydrogen-bond acceptors (Lipinski definition) is 0. The van der Waals surface area contributed by atoms with Crippen LogP contribution in [0.4, 0.5) is 0 Å². The van der Waals surface area contributed by atoms with E-state index in [0.717, 1.165) is 22.3 Å². The van der Waals surface area contributed by atoms with E-state index in [1.165, 1.54) is 21.9 Å². The number of alkyl halides is 1. The van der Waals surface area contributed by atoms with Gasteiger partial charge in [0, 0.05) is 32.2 Å². The first-order valence-electron chi connectivity index (χ1n) is 5.54. The highest BCUT2D eigenvalue weighted by Crippen LogP contribution is 2.28. The molecule has 0 amide bonds. The number of aromatic nitrogens is 1. The van der Waals surface area contributed by atoms with Crippen LogP contribution in [0.3, 0.4) is 0 Å². The number of fused-ring (bicyclic) bond motifs is 3. The van der Waals surface area contributed by atoms with E-state index < -0.39 is 0 Å². The lowest BCUT2D eigenvalue weighted by atomic mass is 10.1. The second kappa shape index (κ2) is 4.35. The molecule has 3 heteroatoms. The van der Waals surface area contributed by atoms with Gasteiger partial charge in [0.25, 0.3) is 0 Å². The van der Waals surface area contributed by atoms with E-state index in [1.54, 1.807) is 0 Å². The molecule has 86 valence electrons. The van der Waals surface area contributed by atoms with Crippen LogP contribution >= 0.6 is 27.5 Å². The summed E-state index contributed by atoms with van der Waals surface area (Å²) < 4.78 is 0. The third-order valence-corrected chi connectivity index (χ3v) is 3.64. The Labute approximate surface area is 113 Å². The van der Waals surface area contributed by atoms with Gasteiger partial charge in [-0.25, -0.2) is 0 Å². The van der Waals surface area contributed by atoms with Crippen molar-refractivity contribution < 1.29 is 0 Å². The van der Waals surface area contributed by atoms with Crippen LogP contribution in [-0.2, 0) is 6.42 Å². The Hall–Kier alpha value is -0.990.